The number of nitrogens with one attached hydrogen (secondary N) is 2. The van der Waals surface area contributed by atoms with Crippen LogP contribution in [-0.2, 0) is 6.54 Å². The molecule has 0 aromatic carbocycles. The molecule has 0 saturated carbocycles. The second-order valence-corrected chi connectivity index (χ2v) is 3.16. The summed E-state index contributed by atoms with van der Waals surface area (Å²) in [6, 6.07) is 0. The van der Waals surface area contributed by atoms with Gasteiger partial charge < -0.3 is 10.6 Å². The van der Waals surface area contributed by atoms with Crippen molar-refractivity contribution in [3.05, 3.63) is 12.7 Å². The van der Waals surface area contributed by atoms with Gasteiger partial charge >= 0.3 is 0 Å². The Bertz CT molecular complexity index is 209. The highest BCUT2D eigenvalue weighted by molar-refractivity contribution is 4.57. The molecule has 0 aliphatic carbocycles. The molecule has 0 spiro atoms. The first-order valence-electron chi connectivity index (χ1n) is 5.17. The van der Waals surface area contributed by atoms with Crippen molar-refractivity contribution in [2.75, 3.05) is 26.2 Å². The average Bonchev–Trinajstić information content (AvgIpc) is 2.69. The Balaban J connectivity index is 1.85. The molecule has 0 bridgehead atoms. The fraction of sp³-hybridized carbons (Fsp3) is 0.778. The van der Waals surface area contributed by atoms with Crippen LogP contribution in [-0.4, -0.2) is 40.9 Å². The molecule has 0 atom stereocenters. The normalized spacial score (nSPS) is 10.6. The van der Waals surface area contributed by atoms with Crippen LogP contribution in [0, 0.1) is 0 Å². The highest BCUT2D eigenvalue weighted by Gasteiger charge is 1.90. The van der Waals surface area contributed by atoms with Crippen LogP contribution in [0.3, 0.4) is 0 Å². The lowest BCUT2D eigenvalue weighted by Gasteiger charge is -2.05. The third-order valence-electron chi connectivity index (χ3n) is 1.89. The Hall–Kier alpha value is -0.940. The van der Waals surface area contributed by atoms with Crippen LogP contribution < -0.4 is 10.6 Å². The maximum atomic E-state index is 4.01. The average molecular weight is 197 g/mol. The van der Waals surface area contributed by atoms with Gasteiger partial charge in [0.05, 0.1) is 6.54 Å². The van der Waals surface area contributed by atoms with E-state index in [0.29, 0.717) is 0 Å². The van der Waals surface area contributed by atoms with E-state index in [1.54, 1.807) is 12.7 Å². The van der Waals surface area contributed by atoms with Gasteiger partial charge in [-0.15, -0.1) is 0 Å². The number of aromatic nitrogens is 3. The van der Waals surface area contributed by atoms with Crippen molar-refractivity contribution < 1.29 is 0 Å². The van der Waals surface area contributed by atoms with Gasteiger partial charge in [0, 0.05) is 19.6 Å². The molecular weight excluding hydrogens is 178 g/mol. The summed E-state index contributed by atoms with van der Waals surface area (Å²) in [7, 11) is 0. The van der Waals surface area contributed by atoms with Crippen molar-refractivity contribution in [1.29, 1.82) is 0 Å². The molecule has 2 N–H and O–H groups in total. The largest absolute Gasteiger partial charge is 0.315 e. The van der Waals surface area contributed by atoms with Crippen molar-refractivity contribution in [3.63, 3.8) is 0 Å². The van der Waals surface area contributed by atoms with Crippen LogP contribution in [0.5, 0.6) is 0 Å². The minimum Gasteiger partial charge on any atom is -0.315 e. The van der Waals surface area contributed by atoms with Crippen LogP contribution in [0.2, 0.25) is 0 Å². The van der Waals surface area contributed by atoms with Crippen LogP contribution in [0.15, 0.2) is 12.7 Å². The molecule has 0 unspecified atom stereocenters. The van der Waals surface area contributed by atoms with E-state index in [2.05, 4.69) is 27.6 Å². The van der Waals surface area contributed by atoms with E-state index in [0.717, 1.165) is 32.7 Å². The van der Waals surface area contributed by atoms with Gasteiger partial charge in [-0.25, -0.2) is 4.98 Å². The summed E-state index contributed by atoms with van der Waals surface area (Å²) in [6.07, 6.45) is 4.48. The summed E-state index contributed by atoms with van der Waals surface area (Å²) in [6.45, 7) is 7.14. The summed E-state index contributed by atoms with van der Waals surface area (Å²) in [4.78, 5) is 3.87. The molecule has 0 aliphatic heterocycles. The lowest BCUT2D eigenvalue weighted by atomic mass is 10.4. The van der Waals surface area contributed by atoms with Crippen molar-refractivity contribution in [3.8, 4) is 0 Å². The molecule has 80 valence electrons. The topological polar surface area (TPSA) is 54.8 Å². The summed E-state index contributed by atoms with van der Waals surface area (Å²) < 4.78 is 1.83. The Kier molecular flexibility index (Phi) is 5.94. The molecule has 1 aromatic heterocycles. The van der Waals surface area contributed by atoms with Crippen LogP contribution >= 0.6 is 0 Å². The molecule has 5 heteroatoms. The molecule has 0 radical (unpaired) electrons. The molecule has 1 aromatic rings. The SMILES string of the molecule is CCCNCCNCCn1cncn1. The monoisotopic (exact) mass is 197 g/mol. The molecular formula is C9H19N5. The lowest BCUT2D eigenvalue weighted by Crippen LogP contribution is -2.29. The highest BCUT2D eigenvalue weighted by atomic mass is 15.3. The van der Waals surface area contributed by atoms with Crippen LogP contribution in [0.1, 0.15) is 13.3 Å². The minimum absolute atomic E-state index is 0.883. The first kappa shape index (κ1) is 11.1. The highest BCUT2D eigenvalue weighted by Crippen LogP contribution is 1.77. The zero-order valence-electron chi connectivity index (χ0n) is 8.74. The second-order valence-electron chi connectivity index (χ2n) is 3.16. The Labute approximate surface area is 84.9 Å². The predicted molar refractivity (Wildman–Crippen MR) is 56.1 cm³/mol. The predicted octanol–water partition coefficient (Wildman–Crippen LogP) is -0.133. The lowest BCUT2D eigenvalue weighted by molar-refractivity contribution is 0.539. The third kappa shape index (κ3) is 4.94. The molecule has 1 rings (SSSR count). The van der Waals surface area contributed by atoms with Crippen molar-refractivity contribution in [2.45, 2.75) is 19.9 Å². The second kappa shape index (κ2) is 7.46. The Morgan fingerprint density at radius 2 is 1.93 bits per heavy atom. The maximum absolute atomic E-state index is 4.01. The van der Waals surface area contributed by atoms with E-state index in [9.17, 15) is 0 Å². The van der Waals surface area contributed by atoms with Gasteiger partial charge in [0.2, 0.25) is 0 Å². The van der Waals surface area contributed by atoms with Gasteiger partial charge in [-0.05, 0) is 13.0 Å². The molecule has 0 amide bonds. The zero-order valence-corrected chi connectivity index (χ0v) is 8.74. The molecule has 14 heavy (non-hydrogen) atoms. The van der Waals surface area contributed by atoms with E-state index in [1.165, 1.54) is 6.42 Å². The molecule has 0 fully saturated rings. The Morgan fingerprint density at radius 1 is 1.14 bits per heavy atom. The third-order valence-corrected chi connectivity index (χ3v) is 1.89. The molecule has 0 saturated heterocycles. The number of hydrogen-bond acceptors (Lipinski definition) is 4. The first-order chi connectivity index (χ1) is 6.93. The fourth-order valence-electron chi connectivity index (χ4n) is 1.15. The van der Waals surface area contributed by atoms with Crippen molar-refractivity contribution in [1.82, 2.24) is 25.4 Å². The Morgan fingerprint density at radius 3 is 2.57 bits per heavy atom. The first-order valence-corrected chi connectivity index (χ1v) is 5.17. The van der Waals surface area contributed by atoms with Gasteiger partial charge in [-0.1, -0.05) is 6.92 Å². The minimum atomic E-state index is 0.883. The standard InChI is InChI=1S/C9H19N5/c1-2-3-10-4-5-11-6-7-14-9-12-8-13-14/h8-11H,2-7H2,1H3. The van der Waals surface area contributed by atoms with Crippen molar-refractivity contribution in [2.24, 2.45) is 0 Å². The van der Waals surface area contributed by atoms with Gasteiger partial charge in [-0.2, -0.15) is 5.10 Å². The number of rotatable bonds is 8. The van der Waals surface area contributed by atoms with Crippen LogP contribution in [0.4, 0.5) is 0 Å². The van der Waals surface area contributed by atoms with Gasteiger partial charge in [0.1, 0.15) is 12.7 Å². The summed E-state index contributed by atoms with van der Waals surface area (Å²) in [5, 5.41) is 10.7. The number of nitrogens with zero attached hydrogens (tertiary/aromatic N) is 3. The van der Waals surface area contributed by atoms with E-state index in [4.69, 9.17) is 0 Å². The summed E-state index contributed by atoms with van der Waals surface area (Å²) >= 11 is 0. The fourth-order valence-corrected chi connectivity index (χ4v) is 1.15. The van der Waals surface area contributed by atoms with Crippen molar-refractivity contribution >= 4 is 0 Å². The van der Waals surface area contributed by atoms with Gasteiger partial charge in [-0.3, -0.25) is 4.68 Å². The van der Waals surface area contributed by atoms with E-state index in [-0.39, 0.29) is 0 Å². The summed E-state index contributed by atoms with van der Waals surface area (Å²) in [5.74, 6) is 0. The van der Waals surface area contributed by atoms with Gasteiger partial charge in [0.25, 0.3) is 0 Å². The summed E-state index contributed by atoms with van der Waals surface area (Å²) in [5.41, 5.74) is 0. The molecule has 0 aliphatic rings. The van der Waals surface area contributed by atoms with E-state index in [1.807, 2.05) is 4.68 Å². The van der Waals surface area contributed by atoms with Gasteiger partial charge in [0.15, 0.2) is 0 Å². The van der Waals surface area contributed by atoms with E-state index < -0.39 is 0 Å². The molecule has 5 nitrogen and oxygen atoms in total. The van der Waals surface area contributed by atoms with E-state index >= 15 is 0 Å². The van der Waals surface area contributed by atoms with Crippen LogP contribution in [0.25, 0.3) is 0 Å². The quantitative estimate of drug-likeness (QED) is 0.570. The molecule has 1 heterocycles. The maximum Gasteiger partial charge on any atom is 0.137 e. The number of hydrogen-bond donors (Lipinski definition) is 2. The zero-order chi connectivity index (χ0) is 10.1. The smallest absolute Gasteiger partial charge is 0.137 e.